The molecule has 7 heteroatoms. The fourth-order valence-electron chi connectivity index (χ4n) is 2.40. The van der Waals surface area contributed by atoms with Crippen LogP contribution in [0.15, 0.2) is 0 Å². The summed E-state index contributed by atoms with van der Waals surface area (Å²) < 4.78 is 6.99. The van der Waals surface area contributed by atoms with Crippen LogP contribution >= 0.6 is 0 Å². The topological polar surface area (TPSA) is 81.1 Å². The Morgan fingerprint density at radius 1 is 1.45 bits per heavy atom. The summed E-state index contributed by atoms with van der Waals surface area (Å²) in [6.45, 7) is 6.84. The Balaban J connectivity index is 2.21. The molecule has 1 atom stereocenters. The third-order valence-corrected chi connectivity index (χ3v) is 3.43. The van der Waals surface area contributed by atoms with Gasteiger partial charge in [-0.1, -0.05) is 13.8 Å². The maximum Gasteiger partial charge on any atom is 0.246 e. The SMILES string of the molecule is COCC(=O)NC(c1nnc2n1CCNCC2)C(C)C. The number of fused-ring (bicyclic) bond motifs is 1. The molecule has 1 amide bonds. The maximum atomic E-state index is 11.8. The Kier molecular flexibility index (Phi) is 5.08. The summed E-state index contributed by atoms with van der Waals surface area (Å²) >= 11 is 0. The molecule has 0 saturated carbocycles. The van der Waals surface area contributed by atoms with Crippen molar-refractivity contribution in [3.63, 3.8) is 0 Å². The van der Waals surface area contributed by atoms with Gasteiger partial charge < -0.3 is 19.9 Å². The van der Waals surface area contributed by atoms with Crippen molar-refractivity contribution >= 4 is 5.91 Å². The Labute approximate surface area is 119 Å². The van der Waals surface area contributed by atoms with Crippen molar-refractivity contribution in [1.82, 2.24) is 25.4 Å². The molecule has 1 aromatic heterocycles. The number of carbonyl (C=O) groups excluding carboxylic acids is 1. The van der Waals surface area contributed by atoms with Gasteiger partial charge in [-0.3, -0.25) is 4.79 Å². The van der Waals surface area contributed by atoms with Crippen LogP contribution < -0.4 is 10.6 Å². The van der Waals surface area contributed by atoms with Gasteiger partial charge in [-0.15, -0.1) is 10.2 Å². The van der Waals surface area contributed by atoms with Crippen molar-refractivity contribution in [3.8, 4) is 0 Å². The second-order valence-electron chi connectivity index (χ2n) is 5.35. The van der Waals surface area contributed by atoms with E-state index in [2.05, 4.69) is 39.2 Å². The number of rotatable bonds is 5. The van der Waals surface area contributed by atoms with E-state index in [1.807, 2.05) is 0 Å². The summed E-state index contributed by atoms with van der Waals surface area (Å²) in [7, 11) is 1.51. The zero-order chi connectivity index (χ0) is 14.5. The molecule has 1 aromatic rings. The molecule has 1 aliphatic rings. The average molecular weight is 281 g/mol. The van der Waals surface area contributed by atoms with Crippen LogP contribution in [0.1, 0.15) is 31.5 Å². The summed E-state index contributed by atoms with van der Waals surface area (Å²) in [6, 6.07) is -0.142. The average Bonchev–Trinajstić information content (AvgIpc) is 2.65. The first-order valence-corrected chi connectivity index (χ1v) is 7.04. The number of amides is 1. The number of carbonyl (C=O) groups is 1. The number of ether oxygens (including phenoxy) is 1. The standard InChI is InChI=1S/C13H23N5O2/c1-9(2)12(15-11(19)8-20-3)13-17-16-10-4-5-14-6-7-18(10)13/h9,12,14H,4-8H2,1-3H3,(H,15,19). The first-order chi connectivity index (χ1) is 9.63. The molecule has 1 aliphatic heterocycles. The predicted octanol–water partition coefficient (Wildman–Crippen LogP) is -0.116. The summed E-state index contributed by atoms with van der Waals surface area (Å²) in [6.07, 6.45) is 0.865. The van der Waals surface area contributed by atoms with Gasteiger partial charge in [-0.05, 0) is 5.92 Å². The van der Waals surface area contributed by atoms with Crippen LogP contribution in [0.4, 0.5) is 0 Å². The first kappa shape index (κ1) is 14.9. The molecule has 2 N–H and O–H groups in total. The van der Waals surface area contributed by atoms with Crippen molar-refractivity contribution < 1.29 is 9.53 Å². The van der Waals surface area contributed by atoms with Crippen molar-refractivity contribution in [2.24, 2.45) is 5.92 Å². The summed E-state index contributed by atoms with van der Waals surface area (Å²) in [4.78, 5) is 11.8. The Bertz CT molecular complexity index is 458. The van der Waals surface area contributed by atoms with Gasteiger partial charge in [-0.25, -0.2) is 0 Å². The molecule has 2 heterocycles. The zero-order valence-electron chi connectivity index (χ0n) is 12.3. The van der Waals surface area contributed by atoms with E-state index in [9.17, 15) is 4.79 Å². The van der Waals surface area contributed by atoms with Gasteiger partial charge in [0.25, 0.3) is 0 Å². The Morgan fingerprint density at radius 3 is 2.95 bits per heavy atom. The minimum absolute atomic E-state index is 0.0613. The number of hydrogen-bond acceptors (Lipinski definition) is 5. The first-order valence-electron chi connectivity index (χ1n) is 7.04. The van der Waals surface area contributed by atoms with Crippen molar-refractivity contribution in [2.75, 3.05) is 26.8 Å². The van der Waals surface area contributed by atoms with Crippen molar-refractivity contribution in [1.29, 1.82) is 0 Å². The lowest BCUT2D eigenvalue weighted by Gasteiger charge is -2.22. The maximum absolute atomic E-state index is 11.8. The van der Waals surface area contributed by atoms with Crippen LogP contribution in [0.3, 0.4) is 0 Å². The fourth-order valence-corrected chi connectivity index (χ4v) is 2.40. The Morgan fingerprint density at radius 2 is 2.25 bits per heavy atom. The summed E-state index contributed by atoms with van der Waals surface area (Å²) in [5.74, 6) is 1.93. The second kappa shape index (κ2) is 6.81. The lowest BCUT2D eigenvalue weighted by Crippen LogP contribution is -2.36. The van der Waals surface area contributed by atoms with Crippen molar-refractivity contribution in [3.05, 3.63) is 11.6 Å². The molecular formula is C13H23N5O2. The van der Waals surface area contributed by atoms with E-state index in [4.69, 9.17) is 4.74 Å². The normalized spacial score (nSPS) is 16.6. The van der Waals surface area contributed by atoms with Crippen LogP contribution in [-0.4, -0.2) is 47.5 Å². The number of methoxy groups -OCH3 is 1. The van der Waals surface area contributed by atoms with Crippen LogP contribution in [0.25, 0.3) is 0 Å². The molecule has 0 spiro atoms. The van der Waals surface area contributed by atoms with Gasteiger partial charge in [0.15, 0.2) is 5.82 Å². The highest BCUT2D eigenvalue weighted by Crippen LogP contribution is 2.21. The lowest BCUT2D eigenvalue weighted by molar-refractivity contribution is -0.125. The molecule has 2 rings (SSSR count). The predicted molar refractivity (Wildman–Crippen MR) is 74.2 cm³/mol. The molecular weight excluding hydrogens is 258 g/mol. The van der Waals surface area contributed by atoms with E-state index in [1.165, 1.54) is 7.11 Å². The van der Waals surface area contributed by atoms with E-state index >= 15 is 0 Å². The molecule has 0 bridgehead atoms. The molecule has 0 radical (unpaired) electrons. The molecule has 0 fully saturated rings. The molecule has 112 valence electrons. The van der Waals surface area contributed by atoms with E-state index < -0.39 is 0 Å². The highest BCUT2D eigenvalue weighted by molar-refractivity contribution is 5.77. The number of nitrogens with zero attached hydrogens (tertiary/aromatic N) is 3. The van der Waals surface area contributed by atoms with Gasteiger partial charge in [0.05, 0.1) is 6.04 Å². The smallest absolute Gasteiger partial charge is 0.246 e. The molecule has 7 nitrogen and oxygen atoms in total. The molecule has 0 aromatic carbocycles. The summed E-state index contributed by atoms with van der Waals surface area (Å²) in [5.41, 5.74) is 0. The number of aromatic nitrogens is 3. The quantitative estimate of drug-likeness (QED) is 0.786. The van der Waals surface area contributed by atoms with Gasteiger partial charge in [0, 0.05) is 33.2 Å². The molecule has 0 aliphatic carbocycles. The van der Waals surface area contributed by atoms with Crippen LogP contribution in [0, 0.1) is 5.92 Å². The van der Waals surface area contributed by atoms with Gasteiger partial charge in [0.1, 0.15) is 12.4 Å². The summed E-state index contributed by atoms with van der Waals surface area (Å²) in [5, 5.41) is 14.9. The molecule has 1 unspecified atom stereocenters. The lowest BCUT2D eigenvalue weighted by atomic mass is 10.0. The minimum Gasteiger partial charge on any atom is -0.375 e. The molecule has 20 heavy (non-hydrogen) atoms. The van der Waals surface area contributed by atoms with Gasteiger partial charge in [0.2, 0.25) is 5.91 Å². The molecule has 0 saturated heterocycles. The number of hydrogen-bond donors (Lipinski definition) is 2. The minimum atomic E-state index is -0.142. The van der Waals surface area contributed by atoms with E-state index in [0.29, 0.717) is 0 Å². The zero-order valence-corrected chi connectivity index (χ0v) is 12.3. The fraction of sp³-hybridized carbons (Fsp3) is 0.769. The van der Waals surface area contributed by atoms with Crippen molar-refractivity contribution in [2.45, 2.75) is 32.9 Å². The highest BCUT2D eigenvalue weighted by Gasteiger charge is 2.26. The van der Waals surface area contributed by atoms with Gasteiger partial charge >= 0.3 is 0 Å². The van der Waals surface area contributed by atoms with E-state index in [1.54, 1.807) is 0 Å². The third kappa shape index (κ3) is 3.34. The van der Waals surface area contributed by atoms with Crippen LogP contribution in [0.2, 0.25) is 0 Å². The van der Waals surface area contributed by atoms with Crippen LogP contribution in [-0.2, 0) is 22.5 Å². The van der Waals surface area contributed by atoms with E-state index in [-0.39, 0.29) is 24.5 Å². The Hall–Kier alpha value is -1.47. The third-order valence-electron chi connectivity index (χ3n) is 3.43. The van der Waals surface area contributed by atoms with Crippen LogP contribution in [0.5, 0.6) is 0 Å². The number of nitrogens with one attached hydrogen (secondary N) is 2. The second-order valence-corrected chi connectivity index (χ2v) is 5.35. The van der Waals surface area contributed by atoms with E-state index in [0.717, 1.165) is 37.7 Å². The van der Waals surface area contributed by atoms with Gasteiger partial charge in [-0.2, -0.15) is 0 Å². The largest absolute Gasteiger partial charge is 0.375 e. The monoisotopic (exact) mass is 281 g/mol. The highest BCUT2D eigenvalue weighted by atomic mass is 16.5.